The highest BCUT2D eigenvalue weighted by molar-refractivity contribution is 6.30. The fraction of sp³-hybridized carbons (Fsp3) is 0.308. The van der Waals surface area contributed by atoms with E-state index in [0.717, 1.165) is 12.0 Å². The monoisotopic (exact) mass is 526 g/mol. The van der Waals surface area contributed by atoms with E-state index < -0.39 is 0 Å². The van der Waals surface area contributed by atoms with Gasteiger partial charge < -0.3 is 26.4 Å². The highest BCUT2D eigenvalue weighted by Crippen LogP contribution is 2.23. The number of nitrogens with one attached hydrogen (secondary N) is 3. The standard InChI is InChI=1S/C26H31ClN6O4/c1-18-14-32-25(30-11-9-19-5-3-2-4-6-19)26(36)33(18)16-23(34)31-15-20-13-21(27)7-8-22(20)37-17-24(35)29-12-10-28/h2-8,13-14H,9-12,15-17,28H2,1H3,(H,29,35)(H,30,32)(H,31,34). The molecule has 10 nitrogen and oxygen atoms in total. The van der Waals surface area contributed by atoms with Crippen LogP contribution in [0.3, 0.4) is 0 Å². The van der Waals surface area contributed by atoms with Gasteiger partial charge in [-0.3, -0.25) is 19.0 Å². The molecule has 0 aliphatic carbocycles. The molecule has 0 bridgehead atoms. The number of carbonyl (C=O) groups is 2. The van der Waals surface area contributed by atoms with Crippen molar-refractivity contribution in [3.8, 4) is 5.75 Å². The van der Waals surface area contributed by atoms with E-state index in [1.165, 1.54) is 4.57 Å². The molecular weight excluding hydrogens is 496 g/mol. The van der Waals surface area contributed by atoms with Crippen molar-refractivity contribution in [1.82, 2.24) is 20.2 Å². The third-order valence-corrected chi connectivity index (χ3v) is 5.66. The molecule has 0 saturated carbocycles. The van der Waals surface area contributed by atoms with Gasteiger partial charge >= 0.3 is 0 Å². The van der Waals surface area contributed by atoms with Crippen LogP contribution in [0.25, 0.3) is 0 Å². The Morgan fingerprint density at radius 1 is 1.08 bits per heavy atom. The molecule has 37 heavy (non-hydrogen) atoms. The summed E-state index contributed by atoms with van der Waals surface area (Å²) in [4.78, 5) is 41.7. The van der Waals surface area contributed by atoms with Crippen molar-refractivity contribution in [2.75, 3.05) is 31.6 Å². The second-order valence-electron chi connectivity index (χ2n) is 8.26. The Morgan fingerprint density at radius 2 is 1.86 bits per heavy atom. The van der Waals surface area contributed by atoms with Gasteiger partial charge in [-0.1, -0.05) is 41.9 Å². The average Bonchev–Trinajstić information content (AvgIpc) is 2.90. The van der Waals surface area contributed by atoms with Crippen molar-refractivity contribution in [2.24, 2.45) is 5.73 Å². The molecule has 11 heteroatoms. The molecule has 1 aromatic heterocycles. The summed E-state index contributed by atoms with van der Waals surface area (Å²) < 4.78 is 6.96. The van der Waals surface area contributed by atoms with Crippen molar-refractivity contribution in [3.05, 3.63) is 86.9 Å². The minimum Gasteiger partial charge on any atom is -0.483 e. The maximum absolute atomic E-state index is 12.9. The summed E-state index contributed by atoms with van der Waals surface area (Å²) in [7, 11) is 0. The van der Waals surface area contributed by atoms with Gasteiger partial charge in [0.2, 0.25) is 5.91 Å². The Labute approximate surface area is 220 Å². The van der Waals surface area contributed by atoms with Gasteiger partial charge in [0.25, 0.3) is 11.5 Å². The zero-order chi connectivity index (χ0) is 26.6. The predicted molar refractivity (Wildman–Crippen MR) is 143 cm³/mol. The van der Waals surface area contributed by atoms with E-state index in [9.17, 15) is 14.4 Å². The van der Waals surface area contributed by atoms with Gasteiger partial charge in [-0.2, -0.15) is 0 Å². The number of nitrogens with two attached hydrogens (primary N) is 1. The fourth-order valence-electron chi connectivity index (χ4n) is 3.48. The van der Waals surface area contributed by atoms with E-state index >= 15 is 0 Å². The number of amides is 2. The molecule has 0 aliphatic heterocycles. The summed E-state index contributed by atoms with van der Waals surface area (Å²) in [5.41, 5.74) is 7.30. The number of rotatable bonds is 13. The van der Waals surface area contributed by atoms with Gasteiger partial charge in [0, 0.05) is 48.7 Å². The van der Waals surface area contributed by atoms with Crippen LogP contribution >= 0.6 is 11.6 Å². The number of nitrogens with zero attached hydrogens (tertiary/aromatic N) is 2. The summed E-state index contributed by atoms with van der Waals surface area (Å²) in [6.07, 6.45) is 2.28. The Balaban J connectivity index is 1.59. The number of hydrogen-bond acceptors (Lipinski definition) is 7. The van der Waals surface area contributed by atoms with Crippen molar-refractivity contribution < 1.29 is 14.3 Å². The molecule has 0 fully saturated rings. The normalized spacial score (nSPS) is 10.6. The second kappa shape index (κ2) is 14.0. The van der Waals surface area contributed by atoms with E-state index in [-0.39, 0.29) is 42.9 Å². The van der Waals surface area contributed by atoms with Crippen LogP contribution in [0.5, 0.6) is 5.75 Å². The van der Waals surface area contributed by atoms with Gasteiger partial charge in [-0.05, 0) is 37.1 Å². The number of aryl methyl sites for hydroxylation is 1. The molecule has 0 saturated heterocycles. The molecule has 3 rings (SSSR count). The third kappa shape index (κ3) is 8.62. The van der Waals surface area contributed by atoms with Gasteiger partial charge in [-0.25, -0.2) is 4.98 Å². The van der Waals surface area contributed by atoms with Crippen LogP contribution in [0.2, 0.25) is 5.02 Å². The van der Waals surface area contributed by atoms with E-state index in [1.54, 1.807) is 31.3 Å². The van der Waals surface area contributed by atoms with Gasteiger partial charge in [0.15, 0.2) is 12.4 Å². The summed E-state index contributed by atoms with van der Waals surface area (Å²) in [5, 5.41) is 8.92. The first-order valence-corrected chi connectivity index (χ1v) is 12.2. The first kappa shape index (κ1) is 27.7. The molecule has 3 aromatic rings. The van der Waals surface area contributed by atoms with E-state index in [4.69, 9.17) is 22.1 Å². The molecule has 0 spiro atoms. The molecule has 0 atom stereocenters. The maximum Gasteiger partial charge on any atom is 0.293 e. The molecule has 2 amide bonds. The Bertz CT molecular complexity index is 1270. The lowest BCUT2D eigenvalue weighted by atomic mass is 10.1. The molecular formula is C26H31ClN6O4. The first-order valence-electron chi connectivity index (χ1n) is 11.9. The lowest BCUT2D eigenvalue weighted by Gasteiger charge is -2.14. The predicted octanol–water partition coefficient (Wildman–Crippen LogP) is 1.63. The van der Waals surface area contributed by atoms with Crippen LogP contribution in [0.15, 0.2) is 59.5 Å². The van der Waals surface area contributed by atoms with Crippen LogP contribution in [0.1, 0.15) is 16.8 Å². The number of carbonyl (C=O) groups excluding carboxylic acids is 2. The van der Waals surface area contributed by atoms with Crippen LogP contribution in [-0.2, 0) is 29.1 Å². The van der Waals surface area contributed by atoms with Crippen molar-refractivity contribution >= 4 is 29.2 Å². The summed E-state index contributed by atoms with van der Waals surface area (Å²) >= 11 is 6.11. The number of hydrogen-bond donors (Lipinski definition) is 4. The lowest BCUT2D eigenvalue weighted by molar-refractivity contribution is -0.123. The van der Waals surface area contributed by atoms with Gasteiger partial charge in [0.1, 0.15) is 12.3 Å². The molecule has 5 N–H and O–H groups in total. The number of ether oxygens (including phenoxy) is 1. The van der Waals surface area contributed by atoms with Crippen molar-refractivity contribution in [3.63, 3.8) is 0 Å². The number of anilines is 1. The van der Waals surface area contributed by atoms with Gasteiger partial charge in [0.05, 0.1) is 0 Å². The smallest absolute Gasteiger partial charge is 0.293 e. The minimum absolute atomic E-state index is 0.0974. The molecule has 196 valence electrons. The van der Waals surface area contributed by atoms with Crippen LogP contribution in [0.4, 0.5) is 5.82 Å². The number of halogens is 1. The molecule has 0 unspecified atom stereocenters. The second-order valence-corrected chi connectivity index (χ2v) is 8.69. The molecule has 2 aromatic carbocycles. The van der Waals surface area contributed by atoms with Gasteiger partial charge in [-0.15, -0.1) is 0 Å². The van der Waals surface area contributed by atoms with E-state index in [1.807, 2.05) is 30.3 Å². The minimum atomic E-state index is -0.377. The average molecular weight is 527 g/mol. The topological polar surface area (TPSA) is 140 Å². The summed E-state index contributed by atoms with van der Waals surface area (Å²) in [6, 6.07) is 14.8. The highest BCUT2D eigenvalue weighted by atomic mass is 35.5. The lowest BCUT2D eigenvalue weighted by Crippen LogP contribution is -2.35. The van der Waals surface area contributed by atoms with Crippen LogP contribution < -0.4 is 32.0 Å². The maximum atomic E-state index is 12.9. The van der Waals surface area contributed by atoms with Crippen LogP contribution in [-0.4, -0.2) is 47.6 Å². The van der Waals surface area contributed by atoms with Crippen molar-refractivity contribution in [2.45, 2.75) is 26.4 Å². The Hall–Kier alpha value is -3.89. The third-order valence-electron chi connectivity index (χ3n) is 5.43. The zero-order valence-electron chi connectivity index (χ0n) is 20.6. The quantitative estimate of drug-likeness (QED) is 0.265. The molecule has 0 aliphatic rings. The number of aromatic nitrogens is 2. The highest BCUT2D eigenvalue weighted by Gasteiger charge is 2.13. The van der Waals surface area contributed by atoms with E-state index in [2.05, 4.69) is 20.9 Å². The SMILES string of the molecule is Cc1cnc(NCCc2ccccc2)c(=O)n1CC(=O)NCc1cc(Cl)ccc1OCC(=O)NCCN. The largest absolute Gasteiger partial charge is 0.483 e. The fourth-order valence-corrected chi connectivity index (χ4v) is 3.68. The summed E-state index contributed by atoms with van der Waals surface area (Å²) in [5.74, 6) is -0.0862. The molecule has 0 radical (unpaired) electrons. The molecule has 1 heterocycles. The van der Waals surface area contributed by atoms with Crippen LogP contribution in [0, 0.1) is 6.92 Å². The zero-order valence-corrected chi connectivity index (χ0v) is 21.4. The van der Waals surface area contributed by atoms with Crippen molar-refractivity contribution in [1.29, 1.82) is 0 Å². The van der Waals surface area contributed by atoms with E-state index in [0.29, 0.717) is 41.7 Å². The Morgan fingerprint density at radius 3 is 2.62 bits per heavy atom. The first-order chi connectivity index (χ1) is 17.9. The Kier molecular flexibility index (Phi) is 10.5. The summed E-state index contributed by atoms with van der Waals surface area (Å²) in [6.45, 7) is 2.64. The number of benzene rings is 2.